The third kappa shape index (κ3) is 6.84. The van der Waals surface area contributed by atoms with E-state index in [9.17, 15) is 35.9 Å². The molecule has 0 aromatic heterocycles. The molecule has 5 rings (SSSR count). The number of hydrogen-bond acceptors (Lipinski definition) is 6. The summed E-state index contributed by atoms with van der Waals surface area (Å²) in [6.07, 6.45) is -7.98. The normalized spacial score (nSPS) is 23.4. The Labute approximate surface area is 246 Å². The van der Waals surface area contributed by atoms with E-state index in [1.807, 2.05) is 9.80 Å². The molecule has 1 aromatic carbocycles. The second-order valence-corrected chi connectivity index (χ2v) is 12.7. The van der Waals surface area contributed by atoms with Gasteiger partial charge in [-0.1, -0.05) is 6.07 Å². The SMILES string of the molecule is CC(OC(=O)N1CCC2(CCCN2Cc2ccc(C(F)(F)F)cc2N2CCC3(CC2)CN(CC(=O)O)C3)CC1)C(F)(F)F. The van der Waals surface area contributed by atoms with Gasteiger partial charge in [-0.05, 0) is 75.1 Å². The van der Waals surface area contributed by atoms with Crippen LogP contribution < -0.4 is 4.90 Å². The Morgan fingerprint density at radius 1 is 0.953 bits per heavy atom. The van der Waals surface area contributed by atoms with Gasteiger partial charge in [0.05, 0.1) is 12.1 Å². The number of rotatable bonds is 6. The molecule has 0 saturated carbocycles. The molecule has 240 valence electrons. The lowest BCUT2D eigenvalue weighted by atomic mass is 9.72. The molecule has 2 spiro atoms. The van der Waals surface area contributed by atoms with Crippen LogP contribution in [0.15, 0.2) is 18.2 Å². The van der Waals surface area contributed by atoms with Crippen molar-refractivity contribution in [1.82, 2.24) is 14.7 Å². The maximum absolute atomic E-state index is 13.8. The second kappa shape index (κ2) is 11.6. The van der Waals surface area contributed by atoms with Crippen LogP contribution in [0.5, 0.6) is 0 Å². The van der Waals surface area contributed by atoms with Crippen LogP contribution in [0.3, 0.4) is 0 Å². The average Bonchev–Trinajstić information content (AvgIpc) is 3.28. The number of amides is 1. The molecule has 1 atom stereocenters. The van der Waals surface area contributed by atoms with Crippen LogP contribution in [0.4, 0.5) is 36.8 Å². The van der Waals surface area contributed by atoms with Gasteiger partial charge in [0, 0.05) is 57.0 Å². The Morgan fingerprint density at radius 3 is 2.19 bits per heavy atom. The predicted molar refractivity (Wildman–Crippen MR) is 145 cm³/mol. The number of alkyl halides is 6. The molecular weight excluding hydrogens is 582 g/mol. The molecule has 1 aromatic rings. The molecule has 0 bridgehead atoms. The Bertz CT molecular complexity index is 1180. The van der Waals surface area contributed by atoms with Crippen molar-refractivity contribution in [3.63, 3.8) is 0 Å². The quantitative estimate of drug-likeness (QED) is 0.438. The molecule has 4 aliphatic heterocycles. The minimum Gasteiger partial charge on any atom is -0.480 e. The van der Waals surface area contributed by atoms with Gasteiger partial charge in [0.2, 0.25) is 0 Å². The van der Waals surface area contributed by atoms with Crippen molar-refractivity contribution in [2.75, 3.05) is 57.3 Å². The van der Waals surface area contributed by atoms with Crippen molar-refractivity contribution in [1.29, 1.82) is 0 Å². The number of piperidine rings is 2. The fourth-order valence-corrected chi connectivity index (χ4v) is 7.32. The number of anilines is 1. The standard InChI is InChI=1S/C29H38F6N4O4/c1-20(28(30,31)32)43-25(42)38-13-8-27(9-14-38)5-2-10-39(27)16-21-3-4-22(29(33,34)35)15-23(21)37-11-6-26(7-12-37)18-36(19-26)17-24(40)41/h3-4,15,20H,2,5-14,16-19H2,1H3,(H,40,41). The number of carboxylic acid groups (broad SMARTS) is 1. The zero-order valence-electron chi connectivity index (χ0n) is 24.1. The highest BCUT2D eigenvalue weighted by atomic mass is 19.4. The van der Waals surface area contributed by atoms with E-state index in [2.05, 4.69) is 9.64 Å². The first-order valence-corrected chi connectivity index (χ1v) is 14.8. The van der Waals surface area contributed by atoms with Crippen molar-refractivity contribution in [2.45, 2.75) is 76.0 Å². The second-order valence-electron chi connectivity index (χ2n) is 12.7. The highest BCUT2D eigenvalue weighted by Gasteiger charge is 2.47. The fourth-order valence-electron chi connectivity index (χ4n) is 7.32. The number of halogens is 6. The Hall–Kier alpha value is -2.74. The number of carbonyl (C=O) groups excluding carboxylic acids is 1. The average molecular weight is 621 g/mol. The largest absolute Gasteiger partial charge is 0.480 e. The molecule has 1 N–H and O–H groups in total. The van der Waals surface area contributed by atoms with Crippen LogP contribution in [0.25, 0.3) is 0 Å². The number of carbonyl (C=O) groups is 2. The topological polar surface area (TPSA) is 76.6 Å². The van der Waals surface area contributed by atoms with Crippen molar-refractivity contribution >= 4 is 17.7 Å². The Morgan fingerprint density at radius 2 is 1.60 bits per heavy atom. The summed E-state index contributed by atoms with van der Waals surface area (Å²) >= 11 is 0. The van der Waals surface area contributed by atoms with Crippen LogP contribution in [0, 0.1) is 5.41 Å². The van der Waals surface area contributed by atoms with E-state index in [0.717, 1.165) is 50.8 Å². The van der Waals surface area contributed by atoms with Crippen LogP contribution in [0.1, 0.15) is 56.6 Å². The molecule has 4 heterocycles. The summed E-state index contributed by atoms with van der Waals surface area (Å²) in [5, 5.41) is 9.05. The first kappa shape index (κ1) is 31.7. The summed E-state index contributed by atoms with van der Waals surface area (Å²) in [5.41, 5.74) is 0.333. The van der Waals surface area contributed by atoms with E-state index < -0.39 is 36.1 Å². The van der Waals surface area contributed by atoms with E-state index in [4.69, 9.17) is 5.11 Å². The molecule has 4 fully saturated rings. The van der Waals surface area contributed by atoms with Crippen LogP contribution in [-0.2, 0) is 22.3 Å². The maximum Gasteiger partial charge on any atom is 0.425 e. The lowest BCUT2D eigenvalue weighted by Crippen LogP contribution is -2.61. The number of likely N-dealkylation sites (tertiary alicyclic amines) is 3. The van der Waals surface area contributed by atoms with Gasteiger partial charge in [-0.15, -0.1) is 0 Å². The molecule has 4 saturated heterocycles. The molecule has 8 nitrogen and oxygen atoms in total. The van der Waals surface area contributed by atoms with Gasteiger partial charge < -0.3 is 19.6 Å². The number of benzene rings is 1. The van der Waals surface area contributed by atoms with Gasteiger partial charge in [-0.3, -0.25) is 14.6 Å². The smallest absolute Gasteiger partial charge is 0.425 e. The zero-order valence-corrected chi connectivity index (χ0v) is 24.1. The third-order valence-electron chi connectivity index (χ3n) is 9.85. The Balaban J connectivity index is 1.26. The molecule has 0 aliphatic carbocycles. The summed E-state index contributed by atoms with van der Waals surface area (Å²) < 4.78 is 84.4. The first-order valence-electron chi connectivity index (χ1n) is 14.8. The summed E-state index contributed by atoms with van der Waals surface area (Å²) in [7, 11) is 0. The highest BCUT2D eigenvalue weighted by molar-refractivity contribution is 5.69. The summed E-state index contributed by atoms with van der Waals surface area (Å²) in [5.74, 6) is -0.873. The lowest BCUT2D eigenvalue weighted by molar-refractivity contribution is -0.200. The van der Waals surface area contributed by atoms with Gasteiger partial charge in [0.25, 0.3) is 0 Å². The van der Waals surface area contributed by atoms with Crippen LogP contribution >= 0.6 is 0 Å². The highest BCUT2D eigenvalue weighted by Crippen LogP contribution is 2.44. The van der Waals surface area contributed by atoms with Crippen molar-refractivity contribution in [2.24, 2.45) is 5.41 Å². The summed E-state index contributed by atoms with van der Waals surface area (Å²) in [6.45, 7) is 4.95. The van der Waals surface area contributed by atoms with Crippen molar-refractivity contribution in [3.05, 3.63) is 29.3 Å². The van der Waals surface area contributed by atoms with Crippen LogP contribution in [0.2, 0.25) is 0 Å². The van der Waals surface area contributed by atoms with Gasteiger partial charge in [-0.25, -0.2) is 4.79 Å². The van der Waals surface area contributed by atoms with Crippen LogP contribution in [-0.4, -0.2) is 102 Å². The predicted octanol–water partition coefficient (Wildman–Crippen LogP) is 5.21. The van der Waals surface area contributed by atoms with Crippen molar-refractivity contribution in [3.8, 4) is 0 Å². The third-order valence-corrected chi connectivity index (χ3v) is 9.85. The molecule has 14 heteroatoms. The number of hydrogen-bond donors (Lipinski definition) is 1. The number of aliphatic carboxylic acids is 1. The van der Waals surface area contributed by atoms with E-state index in [1.54, 1.807) is 6.07 Å². The molecule has 0 radical (unpaired) electrons. The van der Waals surface area contributed by atoms with Crippen molar-refractivity contribution < 1.29 is 45.8 Å². The van der Waals surface area contributed by atoms with E-state index >= 15 is 0 Å². The van der Waals surface area contributed by atoms with E-state index in [0.29, 0.717) is 51.3 Å². The Kier molecular flexibility index (Phi) is 8.58. The minimum absolute atomic E-state index is 0.000223. The molecular formula is C29H38F6N4O4. The molecule has 1 unspecified atom stereocenters. The number of nitrogens with zero attached hydrogens (tertiary/aromatic N) is 4. The molecule has 1 amide bonds. The van der Waals surface area contributed by atoms with E-state index in [1.165, 1.54) is 11.0 Å². The van der Waals surface area contributed by atoms with Gasteiger partial charge in [0.15, 0.2) is 6.10 Å². The molecule has 43 heavy (non-hydrogen) atoms. The maximum atomic E-state index is 13.8. The summed E-state index contributed by atoms with van der Waals surface area (Å²) in [4.78, 5) is 30.8. The number of ether oxygens (including phenoxy) is 1. The lowest BCUT2D eigenvalue weighted by Gasteiger charge is -2.54. The monoisotopic (exact) mass is 620 g/mol. The number of carboxylic acids is 1. The van der Waals surface area contributed by atoms with Gasteiger partial charge >= 0.3 is 24.4 Å². The fraction of sp³-hybridized carbons (Fsp3) is 0.724. The first-order chi connectivity index (χ1) is 20.1. The zero-order chi connectivity index (χ0) is 31.2. The summed E-state index contributed by atoms with van der Waals surface area (Å²) in [6, 6.07) is 3.90. The molecule has 4 aliphatic rings. The minimum atomic E-state index is -4.64. The van der Waals surface area contributed by atoms with Gasteiger partial charge in [-0.2, -0.15) is 26.3 Å². The van der Waals surface area contributed by atoms with Gasteiger partial charge in [0.1, 0.15) is 0 Å². The van der Waals surface area contributed by atoms with E-state index in [-0.39, 0.29) is 30.6 Å².